The SMILES string of the molecule is CN(N=N[C@@H]1CCN(CC(F)(F)F)C1=O)C(C)(C)C. The predicted molar refractivity (Wildman–Crippen MR) is 63.4 cm³/mol. The van der Waals surface area contributed by atoms with E-state index in [0.717, 1.165) is 4.90 Å². The minimum absolute atomic E-state index is 0.0707. The molecule has 1 aliphatic rings. The monoisotopic (exact) mass is 280 g/mol. The Kier molecular flexibility index (Phi) is 4.42. The van der Waals surface area contributed by atoms with Crippen molar-refractivity contribution < 1.29 is 18.0 Å². The number of rotatable bonds is 3. The highest BCUT2D eigenvalue weighted by Crippen LogP contribution is 2.22. The summed E-state index contributed by atoms with van der Waals surface area (Å²) in [4.78, 5) is 12.5. The molecule has 1 aliphatic heterocycles. The zero-order valence-corrected chi connectivity index (χ0v) is 11.5. The molecule has 0 saturated carbocycles. The Morgan fingerprint density at radius 1 is 1.37 bits per heavy atom. The van der Waals surface area contributed by atoms with E-state index in [1.54, 1.807) is 12.1 Å². The molecular weight excluding hydrogens is 261 g/mol. The van der Waals surface area contributed by atoms with Crippen molar-refractivity contribution in [3.63, 3.8) is 0 Å². The maximum absolute atomic E-state index is 12.2. The Hall–Kier alpha value is -1.34. The largest absolute Gasteiger partial charge is 0.406 e. The summed E-state index contributed by atoms with van der Waals surface area (Å²) >= 11 is 0. The van der Waals surface area contributed by atoms with Gasteiger partial charge in [0.25, 0.3) is 0 Å². The van der Waals surface area contributed by atoms with Gasteiger partial charge in [0.1, 0.15) is 6.54 Å². The van der Waals surface area contributed by atoms with E-state index < -0.39 is 24.7 Å². The second-order valence-corrected chi connectivity index (χ2v) is 5.58. The molecular formula is C11H19F3N4O. The lowest BCUT2D eigenvalue weighted by Crippen LogP contribution is -2.37. The first-order chi connectivity index (χ1) is 8.50. The number of hydrogen-bond acceptors (Lipinski definition) is 3. The number of hydrogen-bond donors (Lipinski definition) is 0. The van der Waals surface area contributed by atoms with Gasteiger partial charge in [-0.05, 0) is 27.2 Å². The number of halogens is 3. The summed E-state index contributed by atoms with van der Waals surface area (Å²) in [5, 5.41) is 9.31. The topological polar surface area (TPSA) is 48.3 Å². The Bertz CT molecular complexity index is 362. The van der Waals surface area contributed by atoms with Gasteiger partial charge < -0.3 is 4.90 Å². The van der Waals surface area contributed by atoms with Crippen LogP contribution in [0.1, 0.15) is 27.2 Å². The molecule has 0 N–H and O–H groups in total. The van der Waals surface area contributed by atoms with Crippen LogP contribution in [0.15, 0.2) is 10.3 Å². The Balaban J connectivity index is 2.59. The molecule has 1 rings (SSSR count). The highest BCUT2D eigenvalue weighted by molar-refractivity contribution is 5.84. The van der Waals surface area contributed by atoms with Crippen LogP contribution in [0.25, 0.3) is 0 Å². The van der Waals surface area contributed by atoms with Gasteiger partial charge in [0.15, 0.2) is 6.04 Å². The van der Waals surface area contributed by atoms with Gasteiger partial charge in [0, 0.05) is 13.6 Å². The molecule has 0 aromatic carbocycles. The molecule has 0 aromatic heterocycles. The van der Waals surface area contributed by atoms with Gasteiger partial charge in [-0.15, -0.1) is 0 Å². The summed E-state index contributed by atoms with van der Waals surface area (Å²) in [6.07, 6.45) is -4.10. The molecule has 8 heteroatoms. The van der Waals surface area contributed by atoms with Crippen molar-refractivity contribution in [3.8, 4) is 0 Å². The van der Waals surface area contributed by atoms with Gasteiger partial charge in [-0.3, -0.25) is 9.80 Å². The lowest BCUT2D eigenvalue weighted by Gasteiger charge is -2.27. The second kappa shape index (κ2) is 5.34. The molecule has 19 heavy (non-hydrogen) atoms. The van der Waals surface area contributed by atoms with E-state index in [1.165, 1.54) is 0 Å². The average Bonchev–Trinajstić information content (AvgIpc) is 2.53. The lowest BCUT2D eigenvalue weighted by molar-refractivity contribution is -0.157. The first-order valence-corrected chi connectivity index (χ1v) is 6.01. The fourth-order valence-corrected chi connectivity index (χ4v) is 1.48. The summed E-state index contributed by atoms with van der Waals surface area (Å²) in [6, 6.07) is -0.799. The van der Waals surface area contributed by atoms with E-state index >= 15 is 0 Å². The van der Waals surface area contributed by atoms with Crippen LogP contribution in [-0.4, -0.2) is 53.7 Å². The number of carbonyl (C=O) groups excluding carboxylic acids is 1. The molecule has 1 saturated heterocycles. The van der Waals surface area contributed by atoms with E-state index in [0.29, 0.717) is 0 Å². The Morgan fingerprint density at radius 2 is 1.95 bits per heavy atom. The van der Waals surface area contributed by atoms with Crippen LogP contribution >= 0.6 is 0 Å². The van der Waals surface area contributed by atoms with Crippen molar-refractivity contribution >= 4 is 5.91 Å². The number of carbonyl (C=O) groups is 1. The lowest BCUT2D eigenvalue weighted by atomic mass is 10.1. The second-order valence-electron chi connectivity index (χ2n) is 5.58. The van der Waals surface area contributed by atoms with Crippen molar-refractivity contribution in [2.75, 3.05) is 20.1 Å². The molecule has 0 radical (unpaired) electrons. The minimum atomic E-state index is -4.37. The molecule has 0 aromatic rings. The van der Waals surface area contributed by atoms with Crippen LogP contribution in [0, 0.1) is 0 Å². The smallest absolute Gasteiger partial charge is 0.332 e. The molecule has 1 heterocycles. The van der Waals surface area contributed by atoms with Crippen molar-refractivity contribution in [1.29, 1.82) is 0 Å². The summed E-state index contributed by atoms with van der Waals surface area (Å²) in [5.41, 5.74) is -0.253. The fraction of sp³-hybridized carbons (Fsp3) is 0.909. The van der Waals surface area contributed by atoms with E-state index in [4.69, 9.17) is 0 Å². The maximum Gasteiger partial charge on any atom is 0.406 e. The van der Waals surface area contributed by atoms with Crippen molar-refractivity contribution in [2.24, 2.45) is 10.3 Å². The van der Waals surface area contributed by atoms with E-state index in [2.05, 4.69) is 10.3 Å². The van der Waals surface area contributed by atoms with Gasteiger partial charge in [0.2, 0.25) is 5.91 Å². The van der Waals surface area contributed by atoms with Gasteiger partial charge in [-0.2, -0.15) is 18.3 Å². The first kappa shape index (κ1) is 15.7. The molecule has 1 fully saturated rings. The third-order valence-corrected chi connectivity index (χ3v) is 2.94. The van der Waals surface area contributed by atoms with Crippen LogP contribution in [0.3, 0.4) is 0 Å². The number of likely N-dealkylation sites (tertiary alicyclic amines) is 1. The highest BCUT2D eigenvalue weighted by Gasteiger charge is 2.39. The van der Waals surface area contributed by atoms with Crippen LogP contribution in [0.2, 0.25) is 0 Å². The minimum Gasteiger partial charge on any atom is -0.332 e. The van der Waals surface area contributed by atoms with Gasteiger partial charge in [-0.1, -0.05) is 5.22 Å². The summed E-state index contributed by atoms with van der Waals surface area (Å²) in [7, 11) is 1.70. The van der Waals surface area contributed by atoms with Gasteiger partial charge in [-0.25, -0.2) is 0 Å². The Labute approximate surface area is 110 Å². The number of amides is 1. The molecule has 0 unspecified atom stereocenters. The molecule has 1 atom stereocenters. The molecule has 0 aliphatic carbocycles. The molecule has 1 amide bonds. The van der Waals surface area contributed by atoms with Gasteiger partial charge in [0.05, 0.1) is 5.54 Å². The average molecular weight is 280 g/mol. The van der Waals surface area contributed by atoms with Crippen molar-refractivity contribution in [1.82, 2.24) is 9.91 Å². The van der Waals surface area contributed by atoms with Crippen LogP contribution in [-0.2, 0) is 4.79 Å². The zero-order chi connectivity index (χ0) is 14.8. The fourth-order valence-electron chi connectivity index (χ4n) is 1.48. The number of nitrogens with zero attached hydrogens (tertiary/aromatic N) is 4. The summed E-state index contributed by atoms with van der Waals surface area (Å²) in [5.74, 6) is -0.608. The predicted octanol–water partition coefficient (Wildman–Crippen LogP) is 2.25. The molecule has 0 bridgehead atoms. The van der Waals surface area contributed by atoms with Crippen molar-refractivity contribution in [3.05, 3.63) is 0 Å². The van der Waals surface area contributed by atoms with E-state index in [1.807, 2.05) is 20.8 Å². The Morgan fingerprint density at radius 3 is 2.42 bits per heavy atom. The maximum atomic E-state index is 12.2. The zero-order valence-electron chi connectivity index (χ0n) is 11.5. The van der Waals surface area contributed by atoms with Gasteiger partial charge >= 0.3 is 6.18 Å². The molecule has 110 valence electrons. The van der Waals surface area contributed by atoms with Crippen LogP contribution in [0.4, 0.5) is 13.2 Å². The third kappa shape index (κ3) is 4.68. The summed E-state index contributed by atoms with van der Waals surface area (Å²) in [6.45, 7) is 4.60. The van der Waals surface area contributed by atoms with Crippen LogP contribution in [0.5, 0.6) is 0 Å². The van der Waals surface area contributed by atoms with Crippen LogP contribution < -0.4 is 0 Å². The third-order valence-electron chi connectivity index (χ3n) is 2.94. The molecule has 0 spiro atoms. The first-order valence-electron chi connectivity index (χ1n) is 6.01. The van der Waals surface area contributed by atoms with E-state index in [-0.39, 0.29) is 18.5 Å². The highest BCUT2D eigenvalue weighted by atomic mass is 19.4. The quantitative estimate of drug-likeness (QED) is 0.588. The summed E-state index contributed by atoms with van der Waals surface area (Å²) < 4.78 is 36.7. The van der Waals surface area contributed by atoms with E-state index in [9.17, 15) is 18.0 Å². The standard InChI is InChI=1S/C11H19F3N4O/c1-10(2,3)17(4)16-15-8-5-6-18(9(8)19)7-11(12,13)14/h8H,5-7H2,1-4H3/t8-/m1/s1. The van der Waals surface area contributed by atoms with Crippen molar-refractivity contribution in [2.45, 2.75) is 44.9 Å². The molecule has 5 nitrogen and oxygen atoms in total. The normalized spacial score (nSPS) is 21.5. The number of alkyl halides is 3.